The highest BCUT2D eigenvalue weighted by atomic mass is 127. The van der Waals surface area contributed by atoms with Crippen LogP contribution in [-0.4, -0.2) is 41.7 Å². The Morgan fingerprint density at radius 2 is 1.68 bits per heavy atom. The normalized spacial score (nSPS) is 14.5. The van der Waals surface area contributed by atoms with Gasteiger partial charge in [-0.05, 0) is 99.9 Å². The van der Waals surface area contributed by atoms with E-state index in [4.69, 9.17) is 9.47 Å². The molecule has 0 radical (unpaired) electrons. The van der Waals surface area contributed by atoms with Crippen molar-refractivity contribution in [1.82, 2.24) is 4.90 Å². The van der Waals surface area contributed by atoms with Crippen LogP contribution in [0.4, 0.5) is 10.5 Å². The molecular formula is C30H28BrIN2O5S. The van der Waals surface area contributed by atoms with Crippen molar-refractivity contribution in [2.45, 2.75) is 26.2 Å². The van der Waals surface area contributed by atoms with Gasteiger partial charge in [0.1, 0.15) is 31.3 Å². The molecule has 3 aromatic rings. The van der Waals surface area contributed by atoms with Gasteiger partial charge in [-0.15, -0.1) is 0 Å². The Labute approximate surface area is 260 Å². The summed E-state index contributed by atoms with van der Waals surface area (Å²) in [6.45, 7) is 6.72. The van der Waals surface area contributed by atoms with E-state index in [-0.39, 0.29) is 23.5 Å². The van der Waals surface area contributed by atoms with Crippen LogP contribution in [-0.2, 0) is 15.0 Å². The SMILES string of the molecule is CC(C)(C)c1ccc(OCCOc2cc(Br)ccc2/C=C2\SC(=O)N(CC(=O)Nc3ccc(I)cc3)C2=O)cc1. The van der Waals surface area contributed by atoms with E-state index < -0.39 is 17.1 Å². The summed E-state index contributed by atoms with van der Waals surface area (Å²) in [5.41, 5.74) is 2.52. The van der Waals surface area contributed by atoms with E-state index >= 15 is 0 Å². The van der Waals surface area contributed by atoms with Crippen LogP contribution in [0.15, 0.2) is 76.1 Å². The molecule has 10 heteroatoms. The highest BCUT2D eigenvalue weighted by Crippen LogP contribution is 2.35. The summed E-state index contributed by atoms with van der Waals surface area (Å²) in [6, 6.07) is 20.6. The zero-order chi connectivity index (χ0) is 28.9. The van der Waals surface area contributed by atoms with E-state index in [0.29, 0.717) is 23.6 Å². The molecular weight excluding hydrogens is 707 g/mol. The summed E-state index contributed by atoms with van der Waals surface area (Å²) in [4.78, 5) is 39.2. The van der Waals surface area contributed by atoms with Crippen LogP contribution in [0.2, 0.25) is 0 Å². The second-order valence-corrected chi connectivity index (χ2v) is 13.1. The van der Waals surface area contributed by atoms with Gasteiger partial charge in [-0.1, -0.05) is 54.9 Å². The summed E-state index contributed by atoms with van der Waals surface area (Å²) in [7, 11) is 0. The molecule has 0 bridgehead atoms. The fraction of sp³-hybridized carbons (Fsp3) is 0.233. The average molecular weight is 735 g/mol. The number of nitrogens with one attached hydrogen (secondary N) is 1. The van der Waals surface area contributed by atoms with Crippen molar-refractivity contribution in [1.29, 1.82) is 0 Å². The molecule has 1 N–H and O–H groups in total. The monoisotopic (exact) mass is 734 g/mol. The molecule has 0 spiro atoms. The van der Waals surface area contributed by atoms with E-state index in [1.165, 1.54) is 5.56 Å². The number of halogens is 2. The number of imide groups is 1. The Balaban J connectivity index is 1.37. The molecule has 1 saturated heterocycles. The standard InChI is InChI=1S/C30H28BrIN2O5S/c1-30(2,3)20-5-12-24(13-6-20)38-14-15-39-25-17-21(31)7-4-19(25)16-26-28(36)34(29(37)40-26)18-27(35)33-23-10-8-22(32)9-11-23/h4-13,16-17H,14-15,18H2,1-3H3,(H,33,35)/b26-16-. The van der Waals surface area contributed by atoms with Crippen LogP contribution in [0.1, 0.15) is 31.9 Å². The number of carbonyl (C=O) groups is 3. The quantitative estimate of drug-likeness (QED) is 0.139. The first-order chi connectivity index (χ1) is 19.0. The third-order valence-corrected chi connectivity index (χ3v) is 8.02. The maximum Gasteiger partial charge on any atom is 0.294 e. The molecule has 1 aliphatic rings. The first-order valence-electron chi connectivity index (χ1n) is 12.5. The smallest absolute Gasteiger partial charge is 0.294 e. The van der Waals surface area contributed by atoms with Gasteiger partial charge in [-0.25, -0.2) is 0 Å². The first-order valence-corrected chi connectivity index (χ1v) is 15.1. The minimum atomic E-state index is -0.524. The lowest BCUT2D eigenvalue weighted by Gasteiger charge is -2.19. The molecule has 40 heavy (non-hydrogen) atoms. The fourth-order valence-electron chi connectivity index (χ4n) is 3.77. The van der Waals surface area contributed by atoms with Crippen molar-refractivity contribution in [3.8, 4) is 11.5 Å². The van der Waals surface area contributed by atoms with Crippen molar-refractivity contribution < 1.29 is 23.9 Å². The first kappa shape index (κ1) is 30.1. The molecule has 0 saturated carbocycles. The number of nitrogens with zero attached hydrogens (tertiary/aromatic N) is 1. The topological polar surface area (TPSA) is 84.9 Å². The van der Waals surface area contributed by atoms with Crippen LogP contribution < -0.4 is 14.8 Å². The van der Waals surface area contributed by atoms with Gasteiger partial charge in [0.15, 0.2) is 0 Å². The number of benzene rings is 3. The van der Waals surface area contributed by atoms with Crippen LogP contribution >= 0.6 is 50.3 Å². The average Bonchev–Trinajstić information content (AvgIpc) is 3.16. The molecule has 7 nitrogen and oxygen atoms in total. The van der Waals surface area contributed by atoms with Crippen molar-refractivity contribution in [3.63, 3.8) is 0 Å². The van der Waals surface area contributed by atoms with Crippen molar-refractivity contribution >= 4 is 79.1 Å². The summed E-state index contributed by atoms with van der Waals surface area (Å²) >= 11 is 6.42. The number of thioether (sulfide) groups is 1. The number of carbonyl (C=O) groups excluding carboxylic acids is 3. The fourth-order valence-corrected chi connectivity index (χ4v) is 5.30. The van der Waals surface area contributed by atoms with Crippen LogP contribution in [0.25, 0.3) is 6.08 Å². The molecule has 3 aromatic carbocycles. The van der Waals surface area contributed by atoms with Gasteiger partial charge >= 0.3 is 0 Å². The molecule has 0 atom stereocenters. The van der Waals surface area contributed by atoms with E-state index in [9.17, 15) is 14.4 Å². The lowest BCUT2D eigenvalue weighted by molar-refractivity contribution is -0.127. The van der Waals surface area contributed by atoms with Crippen molar-refractivity contribution in [2.75, 3.05) is 25.1 Å². The van der Waals surface area contributed by atoms with E-state index in [1.54, 1.807) is 30.3 Å². The molecule has 0 aliphatic carbocycles. The zero-order valence-corrected chi connectivity index (χ0v) is 26.8. The predicted octanol–water partition coefficient (Wildman–Crippen LogP) is 7.48. The van der Waals surface area contributed by atoms with E-state index in [0.717, 1.165) is 30.5 Å². The Morgan fingerprint density at radius 3 is 2.35 bits per heavy atom. The largest absolute Gasteiger partial charge is 0.490 e. The van der Waals surface area contributed by atoms with E-state index in [2.05, 4.69) is 76.7 Å². The Morgan fingerprint density at radius 1 is 1.00 bits per heavy atom. The van der Waals surface area contributed by atoms with Gasteiger partial charge in [0, 0.05) is 19.3 Å². The second kappa shape index (κ2) is 13.2. The number of rotatable bonds is 9. The minimum Gasteiger partial charge on any atom is -0.490 e. The van der Waals surface area contributed by atoms with Crippen LogP contribution in [0.3, 0.4) is 0 Å². The molecule has 3 amide bonds. The van der Waals surface area contributed by atoms with Crippen LogP contribution in [0.5, 0.6) is 11.5 Å². The van der Waals surface area contributed by atoms with Crippen molar-refractivity contribution in [3.05, 3.63) is 90.8 Å². The van der Waals surface area contributed by atoms with Crippen molar-refractivity contribution in [2.24, 2.45) is 0 Å². The number of hydrogen-bond donors (Lipinski definition) is 1. The number of ether oxygens (including phenoxy) is 2. The Hall–Kier alpha value is -2.83. The van der Waals surface area contributed by atoms with E-state index in [1.807, 2.05) is 30.3 Å². The molecule has 1 heterocycles. The summed E-state index contributed by atoms with van der Waals surface area (Å²) in [5, 5.41) is 2.21. The number of anilines is 1. The number of amides is 3. The van der Waals surface area contributed by atoms with Gasteiger partial charge < -0.3 is 14.8 Å². The lowest BCUT2D eigenvalue weighted by atomic mass is 9.87. The summed E-state index contributed by atoms with van der Waals surface area (Å²) in [6.07, 6.45) is 1.61. The molecule has 1 aliphatic heterocycles. The third-order valence-electron chi connectivity index (χ3n) is 5.90. The van der Waals surface area contributed by atoms with Gasteiger partial charge in [0.2, 0.25) is 5.91 Å². The molecule has 208 valence electrons. The van der Waals surface area contributed by atoms with Crippen LogP contribution in [0, 0.1) is 3.57 Å². The zero-order valence-electron chi connectivity index (χ0n) is 22.2. The van der Waals surface area contributed by atoms with Gasteiger partial charge in [-0.3, -0.25) is 19.3 Å². The molecule has 1 fully saturated rings. The minimum absolute atomic E-state index is 0.0709. The second-order valence-electron chi connectivity index (χ2n) is 9.98. The lowest BCUT2D eigenvalue weighted by Crippen LogP contribution is -2.36. The molecule has 0 aromatic heterocycles. The predicted molar refractivity (Wildman–Crippen MR) is 171 cm³/mol. The molecule has 0 unspecified atom stereocenters. The maximum atomic E-state index is 13.0. The summed E-state index contributed by atoms with van der Waals surface area (Å²) < 4.78 is 13.6. The van der Waals surface area contributed by atoms with Gasteiger partial charge in [0.05, 0.1) is 4.91 Å². The highest BCUT2D eigenvalue weighted by molar-refractivity contribution is 14.1. The molecule has 4 rings (SSSR count). The summed E-state index contributed by atoms with van der Waals surface area (Å²) in [5.74, 6) is 0.309. The Kier molecular flexibility index (Phi) is 9.96. The number of hydrogen-bond acceptors (Lipinski definition) is 6. The maximum absolute atomic E-state index is 13.0. The van der Waals surface area contributed by atoms with Gasteiger partial charge in [0.25, 0.3) is 11.1 Å². The highest BCUT2D eigenvalue weighted by Gasteiger charge is 2.36. The Bertz CT molecular complexity index is 1440. The van der Waals surface area contributed by atoms with Gasteiger partial charge in [-0.2, -0.15) is 0 Å². The third kappa shape index (κ3) is 8.11.